The smallest absolute Gasteiger partial charge is 0.143 e. The van der Waals surface area contributed by atoms with E-state index in [0.717, 1.165) is 57.5 Å². The number of hydrogen-bond donors (Lipinski definition) is 1. The summed E-state index contributed by atoms with van der Waals surface area (Å²) in [6.45, 7) is 0.805. The van der Waals surface area contributed by atoms with Gasteiger partial charge in [0.15, 0.2) is 0 Å². The molecule has 7 rings (SSSR count). The van der Waals surface area contributed by atoms with Crippen LogP contribution in [0.5, 0.6) is 0 Å². The van der Waals surface area contributed by atoms with Gasteiger partial charge in [-0.2, -0.15) is 0 Å². The van der Waals surface area contributed by atoms with E-state index in [4.69, 9.17) is 9.41 Å². The first kappa shape index (κ1) is 19.1. The SMILES string of the molecule is C1=CC(C2=CC(c3ccncc3)CC(n3c4ccccc4c4c5occc5ccc43)=N2)=CCN1. The second kappa shape index (κ2) is 7.59. The minimum Gasteiger partial charge on any atom is -0.464 e. The minimum atomic E-state index is 0.207. The van der Waals surface area contributed by atoms with Crippen LogP contribution in [0.1, 0.15) is 17.9 Å². The van der Waals surface area contributed by atoms with Crippen molar-refractivity contribution in [2.75, 3.05) is 6.54 Å². The Hall–Kier alpha value is -4.38. The lowest BCUT2D eigenvalue weighted by Crippen LogP contribution is -2.20. The predicted molar refractivity (Wildman–Crippen MR) is 137 cm³/mol. The number of benzene rings is 2. The van der Waals surface area contributed by atoms with Crippen molar-refractivity contribution in [3.05, 3.63) is 115 Å². The molecule has 0 saturated heterocycles. The van der Waals surface area contributed by atoms with Gasteiger partial charge in [0.1, 0.15) is 11.4 Å². The Bertz CT molecular complexity index is 1680. The lowest BCUT2D eigenvalue weighted by Gasteiger charge is -2.24. The fourth-order valence-electron chi connectivity index (χ4n) is 5.20. The average Bonchev–Trinajstić information content (AvgIpc) is 3.52. The summed E-state index contributed by atoms with van der Waals surface area (Å²) in [5.74, 6) is 1.24. The Balaban J connectivity index is 1.49. The van der Waals surface area contributed by atoms with Crippen LogP contribution in [0.4, 0.5) is 0 Å². The molecule has 1 unspecified atom stereocenters. The van der Waals surface area contributed by atoms with Crippen molar-refractivity contribution in [1.29, 1.82) is 0 Å². The van der Waals surface area contributed by atoms with Gasteiger partial charge in [-0.25, -0.2) is 4.99 Å². The Morgan fingerprint density at radius 2 is 1.88 bits per heavy atom. The summed E-state index contributed by atoms with van der Waals surface area (Å²) in [5.41, 5.74) is 6.58. The maximum absolute atomic E-state index is 5.95. The monoisotopic (exact) mass is 442 g/mol. The van der Waals surface area contributed by atoms with Crippen LogP contribution >= 0.6 is 0 Å². The van der Waals surface area contributed by atoms with Crippen LogP contribution < -0.4 is 5.32 Å². The number of aromatic nitrogens is 2. The van der Waals surface area contributed by atoms with Crippen molar-refractivity contribution in [3.8, 4) is 0 Å². The molecular formula is C29H22N4O. The molecule has 1 N–H and O–H groups in total. The highest BCUT2D eigenvalue weighted by Gasteiger charge is 2.25. The Kier molecular flexibility index (Phi) is 4.27. The summed E-state index contributed by atoms with van der Waals surface area (Å²) >= 11 is 0. The molecule has 1 atom stereocenters. The van der Waals surface area contributed by atoms with Crippen LogP contribution in [0, 0.1) is 0 Å². The number of fused-ring (bicyclic) bond motifs is 5. The number of furan rings is 1. The zero-order chi connectivity index (χ0) is 22.5. The number of hydrogen-bond acceptors (Lipinski definition) is 4. The first-order valence-corrected chi connectivity index (χ1v) is 11.6. The molecule has 5 heterocycles. The van der Waals surface area contributed by atoms with Crippen LogP contribution in [0.3, 0.4) is 0 Å². The van der Waals surface area contributed by atoms with Gasteiger partial charge in [-0.1, -0.05) is 30.4 Å². The first-order chi connectivity index (χ1) is 16.9. The van der Waals surface area contributed by atoms with Crippen molar-refractivity contribution in [3.63, 3.8) is 0 Å². The van der Waals surface area contributed by atoms with Crippen LogP contribution in [0.25, 0.3) is 32.8 Å². The molecule has 5 nitrogen and oxygen atoms in total. The maximum Gasteiger partial charge on any atom is 0.143 e. The Morgan fingerprint density at radius 3 is 2.76 bits per heavy atom. The van der Waals surface area contributed by atoms with E-state index >= 15 is 0 Å². The van der Waals surface area contributed by atoms with Gasteiger partial charge in [0.2, 0.25) is 0 Å². The zero-order valence-electron chi connectivity index (χ0n) is 18.5. The summed E-state index contributed by atoms with van der Waals surface area (Å²) in [7, 11) is 0. The molecule has 34 heavy (non-hydrogen) atoms. The number of dihydropyridines is 1. The molecule has 3 aromatic heterocycles. The van der Waals surface area contributed by atoms with E-state index in [1.807, 2.05) is 24.7 Å². The molecule has 0 bridgehead atoms. The Labute approximate surface area is 196 Å². The molecule has 0 radical (unpaired) electrons. The standard InChI is InChI=1S/C29H22N4O/c1-2-4-25-23(3-1)28-26(6-5-21-11-16-34-29(21)28)33(25)27-18-22(19-7-12-30-13-8-19)17-24(32-27)20-9-14-31-15-10-20/h1-14,16-17,22,31H,15,18H2. The number of aliphatic imine (C=N–C) groups is 1. The second-order valence-corrected chi connectivity index (χ2v) is 8.72. The zero-order valence-corrected chi connectivity index (χ0v) is 18.5. The molecule has 0 fully saturated rings. The van der Waals surface area contributed by atoms with Crippen LogP contribution in [-0.4, -0.2) is 21.9 Å². The molecule has 5 heteroatoms. The quantitative estimate of drug-likeness (QED) is 0.349. The molecule has 0 spiro atoms. The highest BCUT2D eigenvalue weighted by Crippen LogP contribution is 2.38. The molecule has 0 aliphatic carbocycles. The first-order valence-electron chi connectivity index (χ1n) is 11.6. The van der Waals surface area contributed by atoms with E-state index in [2.05, 4.69) is 81.6 Å². The predicted octanol–water partition coefficient (Wildman–Crippen LogP) is 6.30. The van der Waals surface area contributed by atoms with Gasteiger partial charge in [0, 0.05) is 42.0 Å². The van der Waals surface area contributed by atoms with Crippen molar-refractivity contribution >= 4 is 38.6 Å². The fraction of sp³-hybridized carbons (Fsp3) is 0.103. The average molecular weight is 443 g/mol. The number of para-hydroxylation sites is 1. The van der Waals surface area contributed by atoms with Crippen molar-refractivity contribution < 1.29 is 4.42 Å². The summed E-state index contributed by atoms with van der Waals surface area (Å²) < 4.78 is 8.27. The van der Waals surface area contributed by atoms with Gasteiger partial charge < -0.3 is 9.73 Å². The highest BCUT2D eigenvalue weighted by atomic mass is 16.3. The van der Waals surface area contributed by atoms with E-state index in [9.17, 15) is 0 Å². The summed E-state index contributed by atoms with van der Waals surface area (Å²) in [4.78, 5) is 9.47. The third kappa shape index (κ3) is 2.94. The third-order valence-corrected chi connectivity index (χ3v) is 6.77. The number of pyridine rings is 1. The molecule has 0 amide bonds. The van der Waals surface area contributed by atoms with E-state index in [1.165, 1.54) is 10.9 Å². The lowest BCUT2D eigenvalue weighted by atomic mass is 9.91. The molecule has 2 aliphatic rings. The van der Waals surface area contributed by atoms with Crippen molar-refractivity contribution in [1.82, 2.24) is 14.9 Å². The normalized spacial score (nSPS) is 18.1. The molecule has 2 aliphatic heterocycles. The van der Waals surface area contributed by atoms with E-state index in [-0.39, 0.29) is 5.92 Å². The van der Waals surface area contributed by atoms with Crippen molar-refractivity contribution in [2.24, 2.45) is 4.99 Å². The lowest BCUT2D eigenvalue weighted by molar-refractivity contribution is 0.619. The number of nitrogens with one attached hydrogen (secondary N) is 1. The van der Waals surface area contributed by atoms with Crippen LogP contribution in [-0.2, 0) is 0 Å². The van der Waals surface area contributed by atoms with E-state index in [1.54, 1.807) is 6.26 Å². The maximum atomic E-state index is 5.95. The van der Waals surface area contributed by atoms with Gasteiger partial charge in [-0.3, -0.25) is 9.55 Å². The van der Waals surface area contributed by atoms with Gasteiger partial charge in [-0.15, -0.1) is 0 Å². The van der Waals surface area contributed by atoms with Crippen molar-refractivity contribution in [2.45, 2.75) is 12.3 Å². The molecular weight excluding hydrogens is 420 g/mol. The number of nitrogens with zero attached hydrogens (tertiary/aromatic N) is 3. The topological polar surface area (TPSA) is 55.4 Å². The molecule has 2 aromatic carbocycles. The summed E-state index contributed by atoms with van der Waals surface area (Å²) in [5, 5.41) is 6.67. The fourth-order valence-corrected chi connectivity index (χ4v) is 5.20. The molecule has 0 saturated carbocycles. The van der Waals surface area contributed by atoms with Gasteiger partial charge in [0.05, 0.1) is 28.4 Å². The summed E-state index contributed by atoms with van der Waals surface area (Å²) in [6.07, 6.45) is 14.9. The second-order valence-electron chi connectivity index (χ2n) is 8.72. The molecule has 5 aromatic rings. The largest absolute Gasteiger partial charge is 0.464 e. The van der Waals surface area contributed by atoms with Crippen LogP contribution in [0.15, 0.2) is 118 Å². The van der Waals surface area contributed by atoms with Crippen LogP contribution in [0.2, 0.25) is 0 Å². The highest BCUT2D eigenvalue weighted by molar-refractivity contribution is 6.22. The van der Waals surface area contributed by atoms with E-state index in [0.29, 0.717) is 0 Å². The Morgan fingerprint density at radius 1 is 0.971 bits per heavy atom. The number of allylic oxidation sites excluding steroid dienone is 2. The molecule has 164 valence electrons. The van der Waals surface area contributed by atoms with E-state index < -0.39 is 0 Å². The van der Waals surface area contributed by atoms with Gasteiger partial charge in [-0.05, 0) is 59.8 Å². The van der Waals surface area contributed by atoms with Gasteiger partial charge >= 0.3 is 0 Å². The third-order valence-electron chi connectivity index (χ3n) is 6.77. The number of rotatable bonds is 2. The summed E-state index contributed by atoms with van der Waals surface area (Å²) in [6, 6.07) is 19.1. The van der Waals surface area contributed by atoms with Gasteiger partial charge in [0.25, 0.3) is 0 Å². The minimum absolute atomic E-state index is 0.207.